The normalized spacial score (nSPS) is 16.9. The summed E-state index contributed by atoms with van der Waals surface area (Å²) in [6.45, 7) is -2.27. The Kier molecular flexibility index (Phi) is 11.5. The monoisotopic (exact) mass is 654 g/mol. The fourth-order valence-corrected chi connectivity index (χ4v) is 6.25. The van der Waals surface area contributed by atoms with Gasteiger partial charge in [-0.3, -0.25) is 4.79 Å². The molecule has 1 aromatic heterocycles. The summed E-state index contributed by atoms with van der Waals surface area (Å²) in [5.74, 6) is 0.156. The molecule has 2 atom stereocenters. The van der Waals surface area contributed by atoms with E-state index in [0.29, 0.717) is 46.0 Å². The number of benzene rings is 2. The van der Waals surface area contributed by atoms with Crippen LogP contribution in [0.5, 0.6) is 11.5 Å². The number of halogens is 4. The van der Waals surface area contributed by atoms with Gasteiger partial charge in [-0.1, -0.05) is 59.6 Å². The highest BCUT2D eigenvalue weighted by molar-refractivity contribution is 8.00. The van der Waals surface area contributed by atoms with Gasteiger partial charge in [0.1, 0.15) is 16.1 Å². The highest BCUT2D eigenvalue weighted by Gasteiger charge is 2.37. The van der Waals surface area contributed by atoms with Gasteiger partial charge in [0.2, 0.25) is 5.91 Å². The zero-order valence-corrected chi connectivity index (χ0v) is 25.2. The third-order valence-electron chi connectivity index (χ3n) is 6.98. The first kappa shape index (κ1) is 32.8. The molecule has 13 heteroatoms. The molecule has 5 rings (SSSR count). The van der Waals surface area contributed by atoms with E-state index in [1.807, 2.05) is 30.3 Å². The molecule has 1 aliphatic heterocycles. The molecule has 0 spiro atoms. The van der Waals surface area contributed by atoms with Gasteiger partial charge < -0.3 is 24.6 Å². The molecule has 2 aromatic carbocycles. The summed E-state index contributed by atoms with van der Waals surface area (Å²) >= 11 is 14.2. The van der Waals surface area contributed by atoms with Crippen molar-refractivity contribution in [2.45, 2.75) is 43.8 Å². The van der Waals surface area contributed by atoms with Gasteiger partial charge in [-0.2, -0.15) is 8.78 Å². The molecule has 1 saturated heterocycles. The summed E-state index contributed by atoms with van der Waals surface area (Å²) in [6.07, 6.45) is 4.45. The fourth-order valence-electron chi connectivity index (χ4n) is 4.60. The molecule has 230 valence electrons. The van der Waals surface area contributed by atoms with E-state index in [1.165, 1.54) is 34.9 Å². The Bertz CT molecular complexity index is 1400. The molecule has 43 heavy (non-hydrogen) atoms. The zero-order chi connectivity index (χ0) is 29.6. The summed E-state index contributed by atoms with van der Waals surface area (Å²) in [5.41, 5.74) is 1.85. The van der Waals surface area contributed by atoms with Crippen molar-refractivity contribution in [3.8, 4) is 11.5 Å². The average Bonchev–Trinajstić information content (AvgIpc) is 3.66. The summed E-state index contributed by atoms with van der Waals surface area (Å²) in [4.78, 5) is 31.1. The van der Waals surface area contributed by atoms with Gasteiger partial charge >= 0.3 is 12.6 Å². The van der Waals surface area contributed by atoms with Crippen LogP contribution in [0.15, 0.2) is 60.9 Å². The van der Waals surface area contributed by atoms with Crippen LogP contribution in [0, 0.1) is 5.92 Å². The van der Waals surface area contributed by atoms with Crippen molar-refractivity contribution in [3.05, 3.63) is 87.7 Å². The van der Waals surface area contributed by atoms with E-state index < -0.39 is 24.1 Å². The number of rotatable bonds is 12. The predicted molar refractivity (Wildman–Crippen MR) is 157 cm³/mol. The number of aromatic amines is 1. The molecule has 2 N–H and O–H groups in total. The number of hydrogen-bond acceptors (Lipinski definition) is 7. The number of aromatic nitrogens is 1. The molecule has 8 nitrogen and oxygen atoms in total. The van der Waals surface area contributed by atoms with Crippen LogP contribution in [0.4, 0.5) is 8.78 Å². The Labute approximate surface area is 261 Å². The lowest BCUT2D eigenvalue weighted by atomic mass is 10.0. The number of esters is 1. The van der Waals surface area contributed by atoms with Gasteiger partial charge in [-0.15, -0.1) is 11.8 Å². The minimum absolute atomic E-state index is 0. The molecule has 1 saturated carbocycles. The van der Waals surface area contributed by atoms with E-state index in [0.717, 1.165) is 18.4 Å². The maximum absolute atomic E-state index is 13.6. The Morgan fingerprint density at radius 1 is 1.05 bits per heavy atom. The molecule has 0 bridgehead atoms. The number of carbonyl (C=O) groups is 2. The van der Waals surface area contributed by atoms with E-state index in [9.17, 15) is 18.4 Å². The van der Waals surface area contributed by atoms with Gasteiger partial charge in [0.15, 0.2) is 29.3 Å². The predicted octanol–water partition coefficient (Wildman–Crippen LogP) is 5.99. The van der Waals surface area contributed by atoms with Gasteiger partial charge in [0, 0.05) is 24.3 Å². The standard InChI is InChI=1S/C30H28Cl2F2N2O5S.H2O/c31-22-15-35-16-23(32)21(22)14-25(20-8-9-24(41-30(33)34)26(13-20)39-17-19-6-7-19)40-29(38)28-36(10-11-42-28)27(37)12-18-4-2-1-3-5-18;/h1-5,8-9,13,15-16,19,25,28,30H,6-7,10-12,14,17H2;1H2/t25-,28-;/m0./s1. The van der Waals surface area contributed by atoms with E-state index in [2.05, 4.69) is 9.72 Å². The number of alkyl halides is 2. The number of ether oxygens (including phenoxy) is 3. The number of hydrogen-bond donors (Lipinski definition) is 0. The quantitative estimate of drug-likeness (QED) is 0.221. The van der Waals surface area contributed by atoms with Gasteiger partial charge in [-0.05, 0) is 42.0 Å². The van der Waals surface area contributed by atoms with Crippen molar-refractivity contribution in [1.29, 1.82) is 0 Å². The van der Waals surface area contributed by atoms with E-state index in [4.69, 9.17) is 32.7 Å². The topological polar surface area (TPSA) is 109 Å². The van der Waals surface area contributed by atoms with Crippen LogP contribution in [-0.2, 0) is 27.2 Å². The number of thioether (sulfide) groups is 1. The minimum atomic E-state index is -3.04. The second kappa shape index (κ2) is 15.1. The lowest BCUT2D eigenvalue weighted by Gasteiger charge is -2.26. The molecule has 2 fully saturated rings. The lowest BCUT2D eigenvalue weighted by Crippen LogP contribution is -2.41. The molecule has 2 heterocycles. The molecule has 1 amide bonds. The van der Waals surface area contributed by atoms with Gasteiger partial charge in [0.05, 0.1) is 13.0 Å². The van der Waals surface area contributed by atoms with Crippen LogP contribution >= 0.6 is 35.0 Å². The van der Waals surface area contributed by atoms with Crippen molar-refractivity contribution in [2.24, 2.45) is 5.92 Å². The first-order valence-electron chi connectivity index (χ1n) is 13.5. The average molecular weight is 656 g/mol. The number of nitrogens with zero attached hydrogens (tertiary/aromatic N) is 1. The number of carbonyl (C=O) groups excluding carboxylic acids is 2. The third-order valence-corrected chi connectivity index (χ3v) is 8.84. The maximum atomic E-state index is 13.6. The second-order valence-corrected chi connectivity index (χ2v) is 12.1. The van der Waals surface area contributed by atoms with Crippen LogP contribution < -0.4 is 14.5 Å². The highest BCUT2D eigenvalue weighted by atomic mass is 35.5. The number of pyridine rings is 1. The van der Waals surface area contributed by atoms with Crippen molar-refractivity contribution in [1.82, 2.24) is 4.90 Å². The molecule has 0 unspecified atom stereocenters. The van der Waals surface area contributed by atoms with Crippen LogP contribution in [0.25, 0.3) is 0 Å². The van der Waals surface area contributed by atoms with Crippen molar-refractivity contribution < 1.29 is 43.0 Å². The Morgan fingerprint density at radius 2 is 1.77 bits per heavy atom. The van der Waals surface area contributed by atoms with Crippen LogP contribution in [0.2, 0.25) is 10.0 Å². The summed E-state index contributed by atoms with van der Waals surface area (Å²) in [6, 6.07) is 13.8. The number of amides is 1. The summed E-state index contributed by atoms with van der Waals surface area (Å²) < 4.78 is 42.8. The number of nitrogens with one attached hydrogen (secondary N) is 1. The largest absolute Gasteiger partial charge is 0.870 e. The number of H-pyrrole nitrogens is 1. The molecule has 3 aromatic rings. The third kappa shape index (κ3) is 8.72. The molecule has 0 radical (unpaired) electrons. The van der Waals surface area contributed by atoms with Crippen LogP contribution in [0.3, 0.4) is 0 Å². The summed E-state index contributed by atoms with van der Waals surface area (Å²) in [5, 5.41) is -0.173. The first-order valence-corrected chi connectivity index (χ1v) is 15.3. The van der Waals surface area contributed by atoms with Crippen molar-refractivity contribution >= 4 is 46.8 Å². The Morgan fingerprint density at radius 3 is 2.44 bits per heavy atom. The van der Waals surface area contributed by atoms with Crippen LogP contribution in [0.1, 0.15) is 35.6 Å². The smallest absolute Gasteiger partial charge is 0.387 e. The highest BCUT2D eigenvalue weighted by Crippen LogP contribution is 2.38. The van der Waals surface area contributed by atoms with Crippen LogP contribution in [-0.4, -0.2) is 53.1 Å². The lowest BCUT2D eigenvalue weighted by molar-refractivity contribution is -0.377. The zero-order valence-electron chi connectivity index (χ0n) is 22.9. The van der Waals surface area contributed by atoms with E-state index >= 15 is 0 Å². The Hall–Kier alpha value is -3.12. The molecule has 2 aliphatic rings. The van der Waals surface area contributed by atoms with Gasteiger partial charge in [0.25, 0.3) is 0 Å². The SMILES string of the molecule is O=C(O[C@@H](Cc1c(Cl)c[nH+]cc1Cl)c1ccc(OC(F)F)c(OCC2CC2)c1)[C@@H]1SCCN1C(=O)Cc1ccccc1.[OH-]. The van der Waals surface area contributed by atoms with E-state index in [-0.39, 0.29) is 35.7 Å². The minimum Gasteiger partial charge on any atom is -0.870 e. The summed E-state index contributed by atoms with van der Waals surface area (Å²) in [7, 11) is 0. The van der Waals surface area contributed by atoms with Gasteiger partial charge in [-0.25, -0.2) is 9.78 Å². The second-order valence-electron chi connectivity index (χ2n) is 10.1. The van der Waals surface area contributed by atoms with E-state index in [1.54, 1.807) is 12.4 Å². The Balaban J connectivity index is 0.00000423. The first-order chi connectivity index (χ1) is 20.3. The molecular formula is C30H30Cl2F2N2O6S. The fraction of sp³-hybridized carbons (Fsp3) is 0.367. The molecular weight excluding hydrogens is 625 g/mol. The molecule has 1 aliphatic carbocycles. The maximum Gasteiger partial charge on any atom is 0.387 e. The van der Waals surface area contributed by atoms with Crippen molar-refractivity contribution in [3.63, 3.8) is 0 Å². The van der Waals surface area contributed by atoms with Crippen molar-refractivity contribution in [2.75, 3.05) is 18.9 Å².